The van der Waals surface area contributed by atoms with Crippen LogP contribution in [0.1, 0.15) is 26.3 Å². The van der Waals surface area contributed by atoms with E-state index in [-0.39, 0.29) is 0 Å². The van der Waals surface area contributed by atoms with Gasteiger partial charge in [0.05, 0.1) is 5.02 Å². The number of aromatic nitrogens is 1. The summed E-state index contributed by atoms with van der Waals surface area (Å²) in [6, 6.07) is 2.75. The van der Waals surface area contributed by atoms with Crippen LogP contribution in [0, 0.1) is 0 Å². The molecule has 0 saturated carbocycles. The molecule has 1 fully saturated rings. The van der Waals surface area contributed by atoms with Crippen LogP contribution >= 0.6 is 11.6 Å². The molecule has 1 aromatic rings. The van der Waals surface area contributed by atoms with Gasteiger partial charge in [-0.25, -0.2) is 4.98 Å². The number of hydrogen-bond donors (Lipinski definition) is 1. The van der Waals surface area contributed by atoms with Crippen molar-refractivity contribution >= 4 is 17.4 Å². The third kappa shape index (κ3) is 3.84. The molecule has 1 aliphatic rings. The van der Waals surface area contributed by atoms with Crippen LogP contribution < -0.4 is 10.2 Å². The van der Waals surface area contributed by atoms with Crippen LogP contribution in [0.4, 0.5) is 5.82 Å². The molecule has 0 amide bonds. The molecular weight excluding hydrogens is 272 g/mol. The smallest absolute Gasteiger partial charge is 0.128 e. The van der Waals surface area contributed by atoms with Gasteiger partial charge >= 0.3 is 0 Å². The van der Waals surface area contributed by atoms with Gasteiger partial charge in [-0.15, -0.1) is 0 Å². The number of nitrogens with zero attached hydrogens (tertiary/aromatic N) is 3. The van der Waals surface area contributed by atoms with Crippen molar-refractivity contribution in [1.29, 1.82) is 0 Å². The zero-order valence-corrected chi connectivity index (χ0v) is 13.5. The number of hydrogen-bond acceptors (Lipinski definition) is 4. The molecule has 0 radical (unpaired) electrons. The fourth-order valence-corrected chi connectivity index (χ4v) is 2.67. The summed E-state index contributed by atoms with van der Waals surface area (Å²) in [6.07, 6.45) is 1.78. The van der Waals surface area contributed by atoms with Gasteiger partial charge in [0.15, 0.2) is 0 Å². The van der Waals surface area contributed by atoms with Crippen molar-refractivity contribution in [3.05, 3.63) is 22.8 Å². The summed E-state index contributed by atoms with van der Waals surface area (Å²) in [4.78, 5) is 9.35. The highest BCUT2D eigenvalue weighted by atomic mass is 35.5. The van der Waals surface area contributed by atoms with E-state index in [1.165, 1.54) is 0 Å². The van der Waals surface area contributed by atoms with E-state index in [2.05, 4.69) is 46.9 Å². The lowest BCUT2D eigenvalue weighted by atomic mass is 10.2. The number of piperazine rings is 1. The second-order valence-corrected chi connectivity index (χ2v) is 5.94. The van der Waals surface area contributed by atoms with Crippen molar-refractivity contribution in [3.8, 4) is 0 Å². The highest BCUT2D eigenvalue weighted by molar-refractivity contribution is 6.31. The summed E-state index contributed by atoms with van der Waals surface area (Å²) in [6.45, 7) is 12.6. The lowest BCUT2D eigenvalue weighted by Crippen LogP contribution is -2.49. The lowest BCUT2D eigenvalue weighted by molar-refractivity contribution is 0.209. The van der Waals surface area contributed by atoms with Crippen molar-refractivity contribution in [2.75, 3.05) is 37.6 Å². The molecule has 0 aromatic carbocycles. The largest absolute Gasteiger partial charge is 0.354 e. The van der Waals surface area contributed by atoms with Crippen LogP contribution in [0.2, 0.25) is 5.02 Å². The van der Waals surface area contributed by atoms with Gasteiger partial charge in [-0.3, -0.25) is 4.90 Å². The average molecular weight is 297 g/mol. The van der Waals surface area contributed by atoms with Gasteiger partial charge in [-0.05, 0) is 32.0 Å². The van der Waals surface area contributed by atoms with Crippen LogP contribution in [-0.4, -0.2) is 48.6 Å². The molecular formula is C15H25ClN4. The third-order valence-corrected chi connectivity index (χ3v) is 4.19. The molecule has 1 N–H and O–H groups in total. The highest BCUT2D eigenvalue weighted by Gasteiger charge is 2.20. The Hall–Kier alpha value is -0.840. The summed E-state index contributed by atoms with van der Waals surface area (Å²) in [5, 5.41) is 4.06. The molecule has 1 saturated heterocycles. The predicted molar refractivity (Wildman–Crippen MR) is 85.5 cm³/mol. The summed E-state index contributed by atoms with van der Waals surface area (Å²) >= 11 is 6.21. The van der Waals surface area contributed by atoms with Gasteiger partial charge in [0.1, 0.15) is 5.82 Å². The molecule has 1 aromatic heterocycles. The van der Waals surface area contributed by atoms with Crippen LogP contribution in [0.5, 0.6) is 0 Å². The Morgan fingerprint density at radius 2 is 2.00 bits per heavy atom. The van der Waals surface area contributed by atoms with Crippen molar-refractivity contribution < 1.29 is 0 Å². The van der Waals surface area contributed by atoms with Gasteiger partial charge in [0.25, 0.3) is 0 Å². The molecule has 1 aliphatic heterocycles. The van der Waals surface area contributed by atoms with Crippen molar-refractivity contribution in [3.63, 3.8) is 0 Å². The van der Waals surface area contributed by atoms with Crippen LogP contribution in [0.25, 0.3) is 0 Å². The van der Waals surface area contributed by atoms with E-state index >= 15 is 0 Å². The van der Waals surface area contributed by atoms with E-state index in [9.17, 15) is 0 Å². The monoisotopic (exact) mass is 296 g/mol. The minimum Gasteiger partial charge on any atom is -0.354 e. The van der Waals surface area contributed by atoms with E-state index < -0.39 is 0 Å². The topological polar surface area (TPSA) is 31.4 Å². The van der Waals surface area contributed by atoms with E-state index in [1.54, 1.807) is 6.20 Å². The highest BCUT2D eigenvalue weighted by Crippen LogP contribution is 2.21. The van der Waals surface area contributed by atoms with E-state index in [1.807, 2.05) is 0 Å². The number of halogens is 1. The summed E-state index contributed by atoms with van der Waals surface area (Å²) in [5.74, 6) is 1.05. The average Bonchev–Trinajstić information content (AvgIpc) is 2.46. The Kier molecular flexibility index (Phi) is 5.64. The fourth-order valence-electron chi connectivity index (χ4n) is 2.50. The first kappa shape index (κ1) is 15.5. The molecule has 5 heteroatoms. The van der Waals surface area contributed by atoms with Crippen molar-refractivity contribution in [2.45, 2.75) is 33.4 Å². The fraction of sp³-hybridized carbons (Fsp3) is 0.667. The Labute approximate surface area is 127 Å². The van der Waals surface area contributed by atoms with Gasteiger partial charge < -0.3 is 10.2 Å². The molecule has 0 atom stereocenters. The minimum absolute atomic E-state index is 0.625. The Morgan fingerprint density at radius 1 is 1.30 bits per heavy atom. The molecule has 2 rings (SSSR count). The molecule has 0 bridgehead atoms. The SMILES string of the molecule is CCNCc1cc(N2CCN(C(C)C)CC2)ncc1Cl. The molecule has 2 heterocycles. The number of anilines is 1. The van der Waals surface area contributed by atoms with Gasteiger partial charge in [-0.2, -0.15) is 0 Å². The first-order chi connectivity index (χ1) is 9.61. The minimum atomic E-state index is 0.625. The maximum Gasteiger partial charge on any atom is 0.128 e. The molecule has 20 heavy (non-hydrogen) atoms. The normalized spacial score (nSPS) is 16.9. The van der Waals surface area contributed by atoms with Gasteiger partial charge in [0.2, 0.25) is 0 Å². The second-order valence-electron chi connectivity index (χ2n) is 5.53. The first-order valence-corrected chi connectivity index (χ1v) is 7.83. The maximum atomic E-state index is 6.21. The zero-order valence-electron chi connectivity index (χ0n) is 12.7. The maximum absolute atomic E-state index is 6.21. The van der Waals surface area contributed by atoms with Gasteiger partial charge in [-0.1, -0.05) is 18.5 Å². The number of rotatable bonds is 5. The van der Waals surface area contributed by atoms with Gasteiger partial charge in [0, 0.05) is 45.0 Å². The van der Waals surface area contributed by atoms with E-state index in [0.29, 0.717) is 6.04 Å². The molecule has 0 unspecified atom stereocenters. The standard InChI is InChI=1S/C15H25ClN4/c1-4-17-10-13-9-15(18-11-14(13)16)20-7-5-19(6-8-20)12(2)3/h9,11-12,17H,4-8,10H2,1-3H3. The molecule has 112 valence electrons. The van der Waals surface area contributed by atoms with Crippen molar-refractivity contribution in [1.82, 2.24) is 15.2 Å². The van der Waals surface area contributed by atoms with Crippen LogP contribution in [0.15, 0.2) is 12.3 Å². The first-order valence-electron chi connectivity index (χ1n) is 7.46. The molecule has 0 aliphatic carbocycles. The second kappa shape index (κ2) is 7.25. The summed E-state index contributed by atoms with van der Waals surface area (Å²) < 4.78 is 0. The zero-order chi connectivity index (χ0) is 14.5. The lowest BCUT2D eigenvalue weighted by Gasteiger charge is -2.37. The quantitative estimate of drug-likeness (QED) is 0.904. The predicted octanol–water partition coefficient (Wildman–Crippen LogP) is 2.37. The molecule has 4 nitrogen and oxygen atoms in total. The van der Waals surface area contributed by atoms with Crippen LogP contribution in [-0.2, 0) is 6.54 Å². The Bertz CT molecular complexity index is 428. The van der Waals surface area contributed by atoms with E-state index in [4.69, 9.17) is 11.6 Å². The summed E-state index contributed by atoms with van der Waals surface area (Å²) in [5.41, 5.74) is 1.13. The van der Waals surface area contributed by atoms with E-state index in [0.717, 1.165) is 55.7 Å². The Balaban J connectivity index is 2.02. The number of nitrogens with one attached hydrogen (secondary N) is 1. The summed E-state index contributed by atoms with van der Waals surface area (Å²) in [7, 11) is 0. The third-order valence-electron chi connectivity index (χ3n) is 3.85. The Morgan fingerprint density at radius 3 is 2.60 bits per heavy atom. The van der Waals surface area contributed by atoms with Crippen molar-refractivity contribution in [2.24, 2.45) is 0 Å². The number of pyridine rings is 1. The molecule has 0 spiro atoms. The van der Waals surface area contributed by atoms with Crippen LogP contribution in [0.3, 0.4) is 0 Å².